The molecule has 0 N–H and O–H groups in total. The zero-order valence-electron chi connectivity index (χ0n) is 12.8. The first-order chi connectivity index (χ1) is 9.72. The van der Waals surface area contributed by atoms with Gasteiger partial charge in [0.05, 0.1) is 0 Å². The quantitative estimate of drug-likeness (QED) is 0.712. The second-order valence-corrected chi connectivity index (χ2v) is 6.79. The van der Waals surface area contributed by atoms with Gasteiger partial charge in [-0.25, -0.2) is 0 Å². The van der Waals surface area contributed by atoms with E-state index in [4.69, 9.17) is 4.84 Å². The molecule has 1 unspecified atom stereocenters. The van der Waals surface area contributed by atoms with Gasteiger partial charge in [-0.3, -0.25) is 4.84 Å². The predicted molar refractivity (Wildman–Crippen MR) is 82.0 cm³/mol. The van der Waals surface area contributed by atoms with Crippen molar-refractivity contribution in [3.63, 3.8) is 0 Å². The first-order valence-corrected chi connectivity index (χ1v) is 8.26. The van der Waals surface area contributed by atoms with Crippen LogP contribution in [0.1, 0.15) is 64.4 Å². The molecular weight excluding hydrogens is 246 g/mol. The summed E-state index contributed by atoms with van der Waals surface area (Å²) >= 11 is 0. The van der Waals surface area contributed by atoms with Gasteiger partial charge >= 0.3 is 0 Å². The van der Waals surface area contributed by atoms with Crippen LogP contribution in [0.4, 0.5) is 0 Å². The van der Waals surface area contributed by atoms with Crippen LogP contribution >= 0.6 is 0 Å². The molecule has 110 valence electrons. The Morgan fingerprint density at radius 3 is 2.50 bits per heavy atom. The number of hydrogen-bond acceptors (Lipinski definition) is 2. The minimum absolute atomic E-state index is 0.118. The van der Waals surface area contributed by atoms with Gasteiger partial charge in [0.15, 0.2) is 5.72 Å². The van der Waals surface area contributed by atoms with Crippen molar-refractivity contribution in [1.29, 1.82) is 0 Å². The molecule has 1 saturated carbocycles. The molecule has 1 aliphatic heterocycles. The largest absolute Gasteiger partial charge is 0.266 e. The van der Waals surface area contributed by atoms with Gasteiger partial charge in [0.2, 0.25) is 0 Å². The van der Waals surface area contributed by atoms with Crippen LogP contribution in [0, 0.1) is 5.92 Å². The molecule has 20 heavy (non-hydrogen) atoms. The molecule has 2 nitrogen and oxygen atoms in total. The summed E-state index contributed by atoms with van der Waals surface area (Å²) in [7, 11) is 0. The van der Waals surface area contributed by atoms with Crippen molar-refractivity contribution in [2.24, 2.45) is 5.92 Å². The van der Waals surface area contributed by atoms with Crippen molar-refractivity contribution < 1.29 is 4.84 Å². The van der Waals surface area contributed by atoms with Gasteiger partial charge in [0.1, 0.15) is 0 Å². The van der Waals surface area contributed by atoms with Gasteiger partial charge in [-0.15, -0.1) is 5.06 Å². The van der Waals surface area contributed by atoms with Crippen molar-refractivity contribution in [3.8, 4) is 0 Å². The SMILES string of the molecule is CC(C)CC[C@@]1(c2ccccc2)ON1C1CCCCC1. The first kappa shape index (κ1) is 14.1. The van der Waals surface area contributed by atoms with E-state index in [1.807, 2.05) is 0 Å². The van der Waals surface area contributed by atoms with E-state index in [1.165, 1.54) is 44.1 Å². The molecule has 2 atom stereocenters. The fraction of sp³-hybridized carbons (Fsp3) is 0.667. The maximum absolute atomic E-state index is 6.21. The summed E-state index contributed by atoms with van der Waals surface area (Å²) < 4.78 is 0. The van der Waals surface area contributed by atoms with Gasteiger partial charge in [0.25, 0.3) is 0 Å². The molecule has 0 spiro atoms. The van der Waals surface area contributed by atoms with E-state index in [1.54, 1.807) is 0 Å². The molecule has 0 bridgehead atoms. The first-order valence-electron chi connectivity index (χ1n) is 8.26. The molecule has 0 radical (unpaired) electrons. The Balaban J connectivity index is 1.76. The Morgan fingerprint density at radius 2 is 1.85 bits per heavy atom. The maximum atomic E-state index is 6.21. The van der Waals surface area contributed by atoms with Crippen LogP contribution in [0.15, 0.2) is 30.3 Å². The van der Waals surface area contributed by atoms with Crippen molar-refractivity contribution in [2.75, 3.05) is 0 Å². The lowest BCUT2D eigenvalue weighted by Gasteiger charge is -2.23. The normalized spacial score (nSPS) is 30.6. The topological polar surface area (TPSA) is 15.5 Å². The van der Waals surface area contributed by atoms with Gasteiger partial charge in [-0.05, 0) is 31.6 Å². The summed E-state index contributed by atoms with van der Waals surface area (Å²) in [6.45, 7) is 4.60. The number of benzene rings is 1. The Bertz CT molecular complexity index is 424. The highest BCUT2D eigenvalue weighted by atomic mass is 16.9. The lowest BCUT2D eigenvalue weighted by atomic mass is 9.91. The highest BCUT2D eigenvalue weighted by Crippen LogP contribution is 2.52. The van der Waals surface area contributed by atoms with E-state index in [2.05, 4.69) is 49.2 Å². The Hall–Kier alpha value is -0.860. The van der Waals surface area contributed by atoms with Crippen molar-refractivity contribution >= 4 is 0 Å². The van der Waals surface area contributed by atoms with Crippen LogP contribution in [0.25, 0.3) is 0 Å². The number of hydroxylamine groups is 2. The Kier molecular flexibility index (Phi) is 4.13. The summed E-state index contributed by atoms with van der Waals surface area (Å²) in [4.78, 5) is 6.21. The molecule has 2 fully saturated rings. The number of rotatable bonds is 5. The average molecular weight is 273 g/mol. The number of nitrogens with zero attached hydrogens (tertiary/aromatic N) is 1. The fourth-order valence-corrected chi connectivity index (χ4v) is 3.49. The van der Waals surface area contributed by atoms with Crippen LogP contribution in [0.5, 0.6) is 0 Å². The van der Waals surface area contributed by atoms with Crippen LogP contribution in [-0.4, -0.2) is 11.1 Å². The molecule has 3 rings (SSSR count). The highest BCUT2D eigenvalue weighted by Gasteiger charge is 2.58. The third-order valence-electron chi connectivity index (χ3n) is 4.76. The van der Waals surface area contributed by atoms with E-state index in [0.29, 0.717) is 6.04 Å². The summed E-state index contributed by atoms with van der Waals surface area (Å²) in [5.74, 6) is 0.730. The smallest absolute Gasteiger partial charge is 0.190 e. The standard InChI is InChI=1S/C18H27NO/c1-15(2)13-14-18(16-9-5-3-6-10-16)19(20-18)17-11-7-4-8-12-17/h3,5-6,9-10,15,17H,4,7-8,11-14H2,1-2H3/t18-,19?/m0/s1. The Morgan fingerprint density at radius 1 is 1.15 bits per heavy atom. The lowest BCUT2D eigenvalue weighted by Crippen LogP contribution is -2.28. The Labute approximate surface area is 123 Å². The number of hydrogen-bond donors (Lipinski definition) is 0. The van der Waals surface area contributed by atoms with E-state index < -0.39 is 0 Å². The molecule has 1 aromatic carbocycles. The molecule has 2 heteroatoms. The summed E-state index contributed by atoms with van der Waals surface area (Å²) in [5.41, 5.74) is 1.22. The van der Waals surface area contributed by atoms with Crippen molar-refractivity contribution in [2.45, 2.75) is 70.6 Å². The third-order valence-corrected chi connectivity index (χ3v) is 4.76. The van der Waals surface area contributed by atoms with Gasteiger partial charge in [-0.1, -0.05) is 63.4 Å². The van der Waals surface area contributed by atoms with Crippen LogP contribution in [0.2, 0.25) is 0 Å². The van der Waals surface area contributed by atoms with Crippen molar-refractivity contribution in [1.82, 2.24) is 5.06 Å². The molecule has 0 amide bonds. The van der Waals surface area contributed by atoms with E-state index in [0.717, 1.165) is 12.3 Å². The molecule has 1 aliphatic carbocycles. The minimum atomic E-state index is -0.118. The minimum Gasteiger partial charge on any atom is -0.266 e. The van der Waals surface area contributed by atoms with Gasteiger partial charge in [-0.2, -0.15) is 0 Å². The summed E-state index contributed by atoms with van der Waals surface area (Å²) in [6, 6.07) is 11.4. The zero-order chi connectivity index (χ0) is 14.0. The summed E-state index contributed by atoms with van der Waals surface area (Å²) in [5, 5.41) is 2.32. The molecule has 1 saturated heterocycles. The van der Waals surface area contributed by atoms with Crippen LogP contribution in [0.3, 0.4) is 0 Å². The molecule has 1 aromatic rings. The van der Waals surface area contributed by atoms with E-state index in [9.17, 15) is 0 Å². The lowest BCUT2D eigenvalue weighted by molar-refractivity contribution is 0.119. The van der Waals surface area contributed by atoms with E-state index in [-0.39, 0.29) is 5.72 Å². The van der Waals surface area contributed by atoms with Gasteiger partial charge in [0, 0.05) is 11.6 Å². The summed E-state index contributed by atoms with van der Waals surface area (Å²) in [6.07, 6.45) is 9.06. The monoisotopic (exact) mass is 273 g/mol. The highest BCUT2D eigenvalue weighted by molar-refractivity contribution is 5.25. The van der Waals surface area contributed by atoms with Crippen LogP contribution < -0.4 is 0 Å². The third kappa shape index (κ3) is 2.77. The second-order valence-electron chi connectivity index (χ2n) is 6.79. The fourth-order valence-electron chi connectivity index (χ4n) is 3.49. The van der Waals surface area contributed by atoms with E-state index >= 15 is 0 Å². The van der Waals surface area contributed by atoms with Crippen LogP contribution in [-0.2, 0) is 10.6 Å². The molecule has 2 aliphatic rings. The zero-order valence-corrected chi connectivity index (χ0v) is 12.8. The second kappa shape index (κ2) is 5.87. The predicted octanol–water partition coefficient (Wildman–Crippen LogP) is 4.86. The molecular formula is C18H27NO. The molecule has 1 heterocycles. The van der Waals surface area contributed by atoms with Crippen molar-refractivity contribution in [3.05, 3.63) is 35.9 Å². The molecule has 0 aromatic heterocycles. The van der Waals surface area contributed by atoms with Gasteiger partial charge < -0.3 is 0 Å². The maximum Gasteiger partial charge on any atom is 0.190 e. The average Bonchev–Trinajstić information content (AvgIpc) is 3.23.